The number of aliphatic hydroxyl groups excluding tert-OH is 5. The van der Waals surface area contributed by atoms with E-state index in [-0.39, 0.29) is 18.7 Å². The highest BCUT2D eigenvalue weighted by Crippen LogP contribution is 2.60. The van der Waals surface area contributed by atoms with Gasteiger partial charge in [0.15, 0.2) is 6.10 Å². The Kier molecular flexibility index (Phi) is 28.4. The second-order valence-corrected chi connectivity index (χ2v) is 21.6. The van der Waals surface area contributed by atoms with Gasteiger partial charge in [-0.05, 0) is 31.2 Å². The number of anilines is 1. The van der Waals surface area contributed by atoms with Crippen LogP contribution in [-0.2, 0) is 46.3 Å². The molecule has 0 aromatic carbocycles. The number of allylic oxidation sites excluding steroid dienone is 1. The molecule has 2 aliphatic rings. The minimum atomic E-state index is -5.69. The van der Waals surface area contributed by atoms with Gasteiger partial charge in [-0.2, -0.15) is 9.29 Å². The molecular formula is C47H81N3O18P2. The van der Waals surface area contributed by atoms with Crippen molar-refractivity contribution in [2.45, 2.75) is 198 Å². The summed E-state index contributed by atoms with van der Waals surface area (Å²) < 4.78 is 58.5. The minimum Gasteiger partial charge on any atom is -0.462 e. The van der Waals surface area contributed by atoms with Crippen molar-refractivity contribution in [3.05, 3.63) is 47.1 Å². The van der Waals surface area contributed by atoms with Crippen LogP contribution in [0.4, 0.5) is 5.82 Å². The third-order valence-corrected chi connectivity index (χ3v) is 15.3. The van der Waals surface area contributed by atoms with E-state index < -0.39 is 127 Å². The predicted octanol–water partition coefficient (Wildman–Crippen LogP) is 6.07. The van der Waals surface area contributed by atoms with Crippen LogP contribution < -0.4 is 11.4 Å². The minimum absolute atomic E-state index is 0.0622. The fourth-order valence-electron chi connectivity index (χ4n) is 8.25. The summed E-state index contributed by atoms with van der Waals surface area (Å²) in [5.74, 6) is -3.63. The normalized spacial score (nSPS) is 31.3. The predicted molar refractivity (Wildman–Crippen MR) is 258 cm³/mol. The Labute approximate surface area is 412 Å². The molecular weight excluding hydrogens is 956 g/mol. The van der Waals surface area contributed by atoms with Crippen LogP contribution in [0.25, 0.3) is 0 Å². The number of esters is 2. The molecule has 1 aromatic rings. The summed E-state index contributed by atoms with van der Waals surface area (Å²) in [6.07, 6.45) is 7.86. The number of aromatic nitrogens is 2. The van der Waals surface area contributed by atoms with Gasteiger partial charge in [0, 0.05) is 30.9 Å². The molecule has 70 heavy (non-hydrogen) atoms. The highest BCUT2D eigenvalue weighted by molar-refractivity contribution is 7.61. The Morgan fingerprint density at radius 2 is 1.51 bits per heavy atom. The zero-order chi connectivity index (χ0) is 51.7. The number of unbranched alkanes of at least 4 members (excludes halogenated alkanes) is 11. The van der Waals surface area contributed by atoms with Crippen molar-refractivity contribution >= 4 is 33.4 Å². The van der Waals surface area contributed by atoms with Crippen LogP contribution in [0.2, 0.25) is 0 Å². The Bertz CT molecular complexity index is 1900. The number of phosphoric ester groups is 2. The summed E-state index contributed by atoms with van der Waals surface area (Å²) >= 11 is 0. The van der Waals surface area contributed by atoms with Crippen molar-refractivity contribution in [2.24, 2.45) is 17.8 Å². The molecule has 0 radical (unpaired) electrons. The van der Waals surface area contributed by atoms with Gasteiger partial charge in [0.25, 0.3) is 0 Å². The topological polar surface area (TPSA) is 326 Å². The van der Waals surface area contributed by atoms with Crippen LogP contribution in [-0.4, -0.2) is 119 Å². The molecule has 9 N–H and O–H groups in total. The zero-order valence-electron chi connectivity index (χ0n) is 41.1. The van der Waals surface area contributed by atoms with Gasteiger partial charge in [0.2, 0.25) is 0 Å². The number of ether oxygens (including phenoxy) is 3. The molecule has 0 saturated carbocycles. The molecule has 0 spiro atoms. The number of nitrogen functional groups attached to an aromatic ring is 1. The van der Waals surface area contributed by atoms with E-state index in [2.05, 4.69) is 23.1 Å². The van der Waals surface area contributed by atoms with Gasteiger partial charge in [-0.25, -0.2) is 13.9 Å². The van der Waals surface area contributed by atoms with Crippen molar-refractivity contribution in [3.63, 3.8) is 0 Å². The van der Waals surface area contributed by atoms with E-state index in [9.17, 15) is 58.8 Å². The molecule has 2 bridgehead atoms. The second-order valence-electron chi connectivity index (χ2n) is 18.6. The van der Waals surface area contributed by atoms with Crippen molar-refractivity contribution in [2.75, 3.05) is 25.6 Å². The van der Waals surface area contributed by atoms with Crippen LogP contribution in [0.3, 0.4) is 0 Å². The quantitative estimate of drug-likeness (QED) is 0.0267. The SMILES string of the molecule is CCCCC[C@@H](O)C=C[C@@H]1[C@H](O)[C@H](O)[C@H]2COP(=O)(O)OP(=O)(O)OC[C@@H](COC(=O)CCCCCCCCCCCCC(C)CC)OC(=O)C/C=C\C[C@@H]([C@H](n3ccc(N)nc3=O)O2)[C@@H](O)C[C@H]1O. The lowest BCUT2D eigenvalue weighted by Gasteiger charge is -2.40. The molecule has 2 aliphatic heterocycles. The maximum absolute atomic E-state index is 13.3. The Morgan fingerprint density at radius 3 is 2.16 bits per heavy atom. The first-order valence-corrected chi connectivity index (χ1v) is 28.0. The second kappa shape index (κ2) is 32.3. The van der Waals surface area contributed by atoms with Gasteiger partial charge in [-0.3, -0.25) is 23.2 Å². The number of nitrogens with two attached hydrogens (primary N) is 1. The molecule has 1 aromatic heterocycles. The Balaban J connectivity index is 1.81. The molecule has 1 saturated heterocycles. The maximum atomic E-state index is 13.3. The zero-order valence-corrected chi connectivity index (χ0v) is 42.9. The molecule has 0 aliphatic carbocycles. The monoisotopic (exact) mass is 1040 g/mol. The number of hydrogen-bond donors (Lipinski definition) is 8. The van der Waals surface area contributed by atoms with Gasteiger partial charge in [0.05, 0.1) is 44.1 Å². The highest BCUT2D eigenvalue weighted by Gasteiger charge is 2.45. The number of fused-ring (bicyclic) bond motifs is 3. The fraction of sp³-hybridized carbons (Fsp3) is 0.787. The number of phosphoric acid groups is 2. The standard InChI is InChI=1S/C47H81N3O18P2/c1-4-6-15-21-34(51)25-26-36-38(52)29-39(53)37-22-18-19-24-43(55)66-35(30-63-42(54)23-17-14-12-10-8-7-9-11-13-16-20-33(3)5-2)31-64-69(59,60)68-70(61,62)65-32-40(45(57)44(36)56)67-46(37)50-28-27-41(48)49-47(50)58/h18-19,25-28,33-40,44-46,51-53,56-57H,4-17,20-24,29-32H2,1-3H3,(H,59,60)(H,61,62)(H2,48,49,58)/b19-18-,26-25?/t33?,34-,35-,36+,37-,38-,39+,40-,44+,45-,46-/m1/s1. The largest absolute Gasteiger partial charge is 0.481 e. The number of cyclic esters (lactones) is 1. The van der Waals surface area contributed by atoms with Gasteiger partial charge < -0.3 is 55.3 Å². The molecule has 3 unspecified atom stereocenters. The van der Waals surface area contributed by atoms with Crippen LogP contribution in [0.15, 0.2) is 41.4 Å². The van der Waals surface area contributed by atoms with E-state index >= 15 is 0 Å². The first-order valence-electron chi connectivity index (χ1n) is 25.0. The first kappa shape index (κ1) is 61.4. The van der Waals surface area contributed by atoms with E-state index in [1.807, 2.05) is 6.92 Å². The number of hydrogen-bond acceptors (Lipinski definition) is 18. The van der Waals surface area contributed by atoms with Crippen LogP contribution >= 0.6 is 15.6 Å². The summed E-state index contributed by atoms with van der Waals surface area (Å²) in [6, 6.07) is 1.22. The lowest BCUT2D eigenvalue weighted by atomic mass is 9.82. The number of rotatable bonds is 23. The summed E-state index contributed by atoms with van der Waals surface area (Å²) in [7, 11) is -11.3. The molecule has 21 nitrogen and oxygen atoms in total. The number of aliphatic hydroxyl groups is 5. The van der Waals surface area contributed by atoms with Gasteiger partial charge in [0.1, 0.15) is 30.9 Å². The van der Waals surface area contributed by atoms with Gasteiger partial charge in [-0.15, -0.1) is 0 Å². The summed E-state index contributed by atoms with van der Waals surface area (Å²) in [6.45, 7) is 3.74. The molecule has 402 valence electrons. The van der Waals surface area contributed by atoms with Crippen molar-refractivity contribution in [1.29, 1.82) is 0 Å². The van der Waals surface area contributed by atoms with Crippen LogP contribution in [0.5, 0.6) is 0 Å². The van der Waals surface area contributed by atoms with Crippen LogP contribution in [0.1, 0.15) is 155 Å². The smallest absolute Gasteiger partial charge is 0.462 e. The molecule has 3 rings (SSSR count). The average molecular weight is 1040 g/mol. The summed E-state index contributed by atoms with van der Waals surface area (Å²) in [5, 5.41) is 57.2. The van der Waals surface area contributed by atoms with Crippen molar-refractivity contribution in [1.82, 2.24) is 9.55 Å². The molecule has 1 fully saturated rings. The van der Waals surface area contributed by atoms with Crippen molar-refractivity contribution in [3.8, 4) is 0 Å². The van der Waals surface area contributed by atoms with Crippen molar-refractivity contribution < 1.29 is 81.6 Å². The average Bonchev–Trinajstić information content (AvgIpc) is 3.29. The van der Waals surface area contributed by atoms with E-state index in [0.29, 0.717) is 19.3 Å². The third-order valence-electron chi connectivity index (χ3n) is 12.7. The highest BCUT2D eigenvalue weighted by atomic mass is 31.3. The van der Waals surface area contributed by atoms with Crippen LogP contribution in [0, 0.1) is 17.8 Å². The van der Waals surface area contributed by atoms with E-state index in [1.54, 1.807) is 0 Å². The molecule has 23 heteroatoms. The molecule has 13 atom stereocenters. The lowest BCUT2D eigenvalue weighted by molar-refractivity contribution is -0.194. The van der Waals surface area contributed by atoms with E-state index in [1.165, 1.54) is 75.3 Å². The Morgan fingerprint density at radius 1 is 0.886 bits per heavy atom. The van der Waals surface area contributed by atoms with Gasteiger partial charge in [-0.1, -0.05) is 135 Å². The summed E-state index contributed by atoms with van der Waals surface area (Å²) in [5.41, 5.74) is 4.73. The summed E-state index contributed by atoms with van der Waals surface area (Å²) in [4.78, 5) is 64.0. The molecule has 3 heterocycles. The number of carbonyl (C=O) groups is 2. The molecule has 0 amide bonds. The lowest BCUT2D eigenvalue weighted by Crippen LogP contribution is -2.52. The Hall–Kier alpha value is -2.88. The fourth-order valence-corrected chi connectivity index (χ4v) is 10.4. The number of nitrogens with zero attached hydrogens (tertiary/aromatic N) is 2. The maximum Gasteiger partial charge on any atom is 0.481 e. The first-order chi connectivity index (χ1) is 33.3. The van der Waals surface area contributed by atoms with E-state index in [0.717, 1.165) is 55.2 Å². The van der Waals surface area contributed by atoms with E-state index in [4.69, 9.17) is 29.0 Å². The number of carbonyl (C=O) groups excluding carboxylic acids is 2. The third kappa shape index (κ3) is 23.3. The van der Waals surface area contributed by atoms with Gasteiger partial charge >= 0.3 is 33.3 Å².